The molecule has 0 amide bonds. The normalized spacial score (nSPS) is 18.6. The van der Waals surface area contributed by atoms with Crippen molar-refractivity contribution in [2.24, 2.45) is 5.73 Å². The Bertz CT molecular complexity index is 1490. The van der Waals surface area contributed by atoms with Crippen LogP contribution in [0.25, 0.3) is 28.2 Å². The monoisotopic (exact) mass is 505 g/mol. The molecule has 10 heteroatoms. The van der Waals surface area contributed by atoms with E-state index in [1.807, 2.05) is 54.2 Å². The zero-order valence-corrected chi connectivity index (χ0v) is 21.5. The maximum absolute atomic E-state index is 12.4. The van der Waals surface area contributed by atoms with Gasteiger partial charge in [0.15, 0.2) is 0 Å². The summed E-state index contributed by atoms with van der Waals surface area (Å²) >= 11 is 0. The molecule has 36 heavy (non-hydrogen) atoms. The Morgan fingerprint density at radius 3 is 2.36 bits per heavy atom. The number of imidazole rings is 1. The van der Waals surface area contributed by atoms with Crippen molar-refractivity contribution in [1.29, 1.82) is 0 Å². The van der Waals surface area contributed by atoms with Crippen LogP contribution in [0.2, 0.25) is 0 Å². The van der Waals surface area contributed by atoms with Gasteiger partial charge in [-0.3, -0.25) is 4.40 Å². The number of hydrogen-bond acceptors (Lipinski definition) is 7. The third-order valence-corrected chi connectivity index (χ3v) is 8.62. The molecular formula is C26H31N7O2S. The summed E-state index contributed by atoms with van der Waals surface area (Å²) in [6, 6.07) is 11.5. The lowest BCUT2D eigenvalue weighted by Crippen LogP contribution is -2.33. The number of nitrogens with one attached hydrogen (secondary N) is 1. The molecule has 0 atom stereocenters. The fraction of sp³-hybridized carbons (Fsp3) is 0.346. The number of nitrogens with two attached hydrogens (primary N) is 1. The number of aromatic nitrogens is 4. The average Bonchev–Trinajstić information content (AvgIpc) is 3.29. The maximum atomic E-state index is 12.4. The van der Waals surface area contributed by atoms with Crippen LogP contribution >= 0.6 is 0 Å². The lowest BCUT2D eigenvalue weighted by molar-refractivity contribution is 0.410. The summed E-state index contributed by atoms with van der Waals surface area (Å²) in [6.07, 6.45) is 9.72. The second-order valence-electron chi connectivity index (χ2n) is 9.58. The van der Waals surface area contributed by atoms with Crippen LogP contribution in [0, 0.1) is 6.92 Å². The lowest BCUT2D eigenvalue weighted by Gasteiger charge is -2.26. The molecular weight excluding hydrogens is 474 g/mol. The summed E-state index contributed by atoms with van der Waals surface area (Å²) in [5.74, 6) is 0.611. The summed E-state index contributed by atoms with van der Waals surface area (Å²) in [6.45, 7) is 1.99. The predicted molar refractivity (Wildman–Crippen MR) is 141 cm³/mol. The number of fused-ring (bicyclic) bond motifs is 1. The van der Waals surface area contributed by atoms with Crippen molar-refractivity contribution in [2.75, 3.05) is 19.4 Å². The minimum absolute atomic E-state index is 0.261. The van der Waals surface area contributed by atoms with Gasteiger partial charge in [-0.1, -0.05) is 12.1 Å². The number of benzene rings is 1. The summed E-state index contributed by atoms with van der Waals surface area (Å²) in [7, 11) is -0.423. The van der Waals surface area contributed by atoms with Gasteiger partial charge < -0.3 is 11.1 Å². The lowest BCUT2D eigenvalue weighted by atomic mass is 9.92. The number of rotatable bonds is 6. The summed E-state index contributed by atoms with van der Waals surface area (Å²) in [5.41, 5.74) is 11.3. The molecule has 0 aliphatic heterocycles. The van der Waals surface area contributed by atoms with Crippen LogP contribution < -0.4 is 11.1 Å². The molecule has 1 aromatic carbocycles. The third kappa shape index (κ3) is 4.71. The molecule has 0 radical (unpaired) electrons. The van der Waals surface area contributed by atoms with Gasteiger partial charge in [-0.2, -0.15) is 0 Å². The first-order valence-electron chi connectivity index (χ1n) is 12.1. The Kier molecular flexibility index (Phi) is 6.50. The first-order valence-corrected chi connectivity index (χ1v) is 13.5. The summed E-state index contributed by atoms with van der Waals surface area (Å²) < 4.78 is 28.0. The Labute approximate surface area is 211 Å². The van der Waals surface area contributed by atoms with Gasteiger partial charge in [-0.05, 0) is 73.6 Å². The molecule has 1 aliphatic carbocycles. The van der Waals surface area contributed by atoms with E-state index in [0.29, 0.717) is 18.0 Å². The average molecular weight is 506 g/mol. The minimum atomic E-state index is -3.48. The van der Waals surface area contributed by atoms with E-state index >= 15 is 0 Å². The molecule has 188 valence electrons. The van der Waals surface area contributed by atoms with E-state index in [9.17, 15) is 8.42 Å². The Morgan fingerprint density at radius 2 is 1.67 bits per heavy atom. The molecule has 3 heterocycles. The van der Waals surface area contributed by atoms with Crippen molar-refractivity contribution < 1.29 is 8.42 Å². The summed E-state index contributed by atoms with van der Waals surface area (Å²) in [4.78, 5) is 14.2. The van der Waals surface area contributed by atoms with Gasteiger partial charge in [0.25, 0.3) is 0 Å². The highest BCUT2D eigenvalue weighted by Gasteiger charge is 2.20. The number of nitrogens with zero attached hydrogens (tertiary/aromatic N) is 5. The number of pyridine rings is 1. The molecule has 1 saturated carbocycles. The zero-order valence-electron chi connectivity index (χ0n) is 20.7. The van der Waals surface area contributed by atoms with Gasteiger partial charge in [0.05, 0.1) is 22.5 Å². The smallest absolute Gasteiger partial charge is 0.242 e. The minimum Gasteiger partial charge on any atom is -0.351 e. The Balaban J connectivity index is 1.47. The molecule has 9 nitrogen and oxygen atoms in total. The molecule has 0 unspecified atom stereocenters. The van der Waals surface area contributed by atoms with Crippen molar-refractivity contribution in [2.45, 2.75) is 49.6 Å². The number of anilines is 1. The van der Waals surface area contributed by atoms with Crippen LogP contribution in [0.3, 0.4) is 0 Å². The van der Waals surface area contributed by atoms with Gasteiger partial charge in [0.2, 0.25) is 16.0 Å². The van der Waals surface area contributed by atoms with Gasteiger partial charge in [0, 0.05) is 38.6 Å². The van der Waals surface area contributed by atoms with Crippen LogP contribution in [0.15, 0.2) is 59.9 Å². The van der Waals surface area contributed by atoms with E-state index in [-0.39, 0.29) is 4.90 Å². The first-order chi connectivity index (χ1) is 17.2. The van der Waals surface area contributed by atoms with E-state index < -0.39 is 10.0 Å². The van der Waals surface area contributed by atoms with Crippen LogP contribution in [-0.4, -0.2) is 58.3 Å². The number of aryl methyl sites for hydroxylation is 1. The highest BCUT2D eigenvalue weighted by Crippen LogP contribution is 2.28. The maximum Gasteiger partial charge on any atom is 0.242 e. The zero-order chi connectivity index (χ0) is 25.4. The van der Waals surface area contributed by atoms with Crippen LogP contribution in [-0.2, 0) is 10.0 Å². The highest BCUT2D eigenvalue weighted by atomic mass is 32.2. The predicted octanol–water partition coefficient (Wildman–Crippen LogP) is 3.70. The van der Waals surface area contributed by atoms with Gasteiger partial charge >= 0.3 is 0 Å². The van der Waals surface area contributed by atoms with Crippen LogP contribution in [0.5, 0.6) is 0 Å². The molecule has 3 aromatic heterocycles. The third-order valence-electron chi connectivity index (χ3n) is 6.79. The van der Waals surface area contributed by atoms with Crippen molar-refractivity contribution >= 4 is 21.6 Å². The van der Waals surface area contributed by atoms with Gasteiger partial charge in [0.1, 0.15) is 5.65 Å². The van der Waals surface area contributed by atoms with Crippen molar-refractivity contribution in [1.82, 2.24) is 23.7 Å². The van der Waals surface area contributed by atoms with Crippen LogP contribution in [0.1, 0.15) is 31.2 Å². The van der Waals surface area contributed by atoms with E-state index in [0.717, 1.165) is 59.4 Å². The van der Waals surface area contributed by atoms with E-state index in [1.54, 1.807) is 12.1 Å². The Morgan fingerprint density at radius 1 is 0.972 bits per heavy atom. The van der Waals surface area contributed by atoms with Crippen LogP contribution in [0.4, 0.5) is 5.95 Å². The topological polar surface area (TPSA) is 119 Å². The molecule has 3 N–H and O–H groups in total. The van der Waals surface area contributed by atoms with E-state index in [4.69, 9.17) is 10.7 Å². The highest BCUT2D eigenvalue weighted by molar-refractivity contribution is 7.89. The van der Waals surface area contributed by atoms with Crippen molar-refractivity contribution in [3.63, 3.8) is 0 Å². The van der Waals surface area contributed by atoms with E-state index in [2.05, 4.69) is 15.3 Å². The van der Waals surface area contributed by atoms with E-state index in [1.165, 1.54) is 18.4 Å². The standard InChI is InChI=1S/C26H31N7O2S/c1-17-14-29-26(30-21-9-7-20(27)8-10-21)31-25(17)23-15-28-24-13-6-19(16-33(23)24)18-4-11-22(12-5-18)36(34,35)32(2)3/h4-6,11-16,20-21H,7-10,27H2,1-3H3,(H,29,30,31)/t20-,21-. The molecule has 0 saturated heterocycles. The fourth-order valence-corrected chi connectivity index (χ4v) is 5.48. The van der Waals surface area contributed by atoms with Crippen molar-refractivity contribution in [3.8, 4) is 22.5 Å². The molecule has 4 aromatic rings. The molecule has 1 fully saturated rings. The second kappa shape index (κ2) is 9.61. The Hall–Kier alpha value is -3.34. The number of sulfonamides is 1. The van der Waals surface area contributed by atoms with Gasteiger partial charge in [-0.15, -0.1) is 0 Å². The summed E-state index contributed by atoms with van der Waals surface area (Å²) in [5, 5.41) is 3.48. The SMILES string of the molecule is Cc1cnc(N[C@H]2CC[C@H](N)CC2)nc1-c1cnc2ccc(-c3ccc(S(=O)(=O)N(C)C)cc3)cn12. The molecule has 0 spiro atoms. The number of hydrogen-bond donors (Lipinski definition) is 2. The molecule has 0 bridgehead atoms. The molecule has 1 aliphatic rings. The first kappa shape index (κ1) is 24.4. The molecule has 5 rings (SSSR count). The largest absolute Gasteiger partial charge is 0.351 e. The van der Waals surface area contributed by atoms with Crippen molar-refractivity contribution in [3.05, 3.63) is 60.6 Å². The quantitative estimate of drug-likeness (QED) is 0.410. The fourth-order valence-electron chi connectivity index (χ4n) is 4.57. The second-order valence-corrected chi connectivity index (χ2v) is 11.7. The van der Waals surface area contributed by atoms with Gasteiger partial charge in [-0.25, -0.2) is 27.7 Å².